The van der Waals surface area contributed by atoms with Crippen molar-refractivity contribution in [3.63, 3.8) is 0 Å². The number of unbranched alkanes of at least 4 members (excludes halogenated alkanes) is 1. The van der Waals surface area contributed by atoms with Crippen LogP contribution < -0.4 is 0 Å². The first-order valence-corrected chi connectivity index (χ1v) is 6.78. The molecule has 0 fully saturated rings. The average Bonchev–Trinajstić information content (AvgIpc) is 2.42. The lowest BCUT2D eigenvalue weighted by Gasteiger charge is -2.16. The van der Waals surface area contributed by atoms with Crippen molar-refractivity contribution in [3.05, 3.63) is 65.5 Å². The molecule has 0 aliphatic heterocycles. The SMILES string of the molecule is CCCCC(c1ccc(C)cc1)c1ccccn1. The van der Waals surface area contributed by atoms with Crippen molar-refractivity contribution >= 4 is 0 Å². The van der Waals surface area contributed by atoms with Crippen LogP contribution in [-0.2, 0) is 0 Å². The van der Waals surface area contributed by atoms with Gasteiger partial charge in [-0.2, -0.15) is 0 Å². The lowest BCUT2D eigenvalue weighted by Crippen LogP contribution is -2.03. The molecular weight excluding hydrogens is 218 g/mol. The Morgan fingerprint density at radius 3 is 2.44 bits per heavy atom. The molecule has 0 N–H and O–H groups in total. The molecule has 94 valence electrons. The maximum Gasteiger partial charge on any atom is 0.0478 e. The molecule has 0 amide bonds. The molecule has 0 radical (unpaired) electrons. The van der Waals surface area contributed by atoms with E-state index in [1.54, 1.807) is 0 Å². The molecule has 2 aromatic rings. The Labute approximate surface area is 110 Å². The van der Waals surface area contributed by atoms with Crippen molar-refractivity contribution in [1.82, 2.24) is 4.98 Å². The predicted molar refractivity (Wildman–Crippen MR) is 76.8 cm³/mol. The summed E-state index contributed by atoms with van der Waals surface area (Å²) in [6, 6.07) is 15.1. The van der Waals surface area contributed by atoms with E-state index in [0.29, 0.717) is 5.92 Å². The van der Waals surface area contributed by atoms with E-state index in [4.69, 9.17) is 0 Å². The fraction of sp³-hybridized carbons (Fsp3) is 0.353. The second kappa shape index (κ2) is 6.34. The molecular formula is C17H21N. The second-order valence-electron chi connectivity index (χ2n) is 4.86. The van der Waals surface area contributed by atoms with Gasteiger partial charge in [-0.1, -0.05) is 55.7 Å². The average molecular weight is 239 g/mol. The van der Waals surface area contributed by atoms with Gasteiger partial charge in [0.2, 0.25) is 0 Å². The van der Waals surface area contributed by atoms with Crippen molar-refractivity contribution in [2.24, 2.45) is 0 Å². The van der Waals surface area contributed by atoms with Crippen LogP contribution in [0.15, 0.2) is 48.7 Å². The van der Waals surface area contributed by atoms with Gasteiger partial charge in [0.25, 0.3) is 0 Å². The smallest absolute Gasteiger partial charge is 0.0478 e. The van der Waals surface area contributed by atoms with E-state index >= 15 is 0 Å². The van der Waals surface area contributed by atoms with E-state index in [1.807, 2.05) is 12.3 Å². The van der Waals surface area contributed by atoms with Crippen LogP contribution in [0, 0.1) is 6.92 Å². The van der Waals surface area contributed by atoms with Gasteiger partial charge in [-0.25, -0.2) is 0 Å². The van der Waals surface area contributed by atoms with E-state index < -0.39 is 0 Å². The van der Waals surface area contributed by atoms with Gasteiger partial charge < -0.3 is 0 Å². The Bertz CT molecular complexity index is 459. The number of pyridine rings is 1. The van der Waals surface area contributed by atoms with Crippen LogP contribution in [-0.4, -0.2) is 4.98 Å². The normalized spacial score (nSPS) is 12.3. The Hall–Kier alpha value is -1.63. The van der Waals surface area contributed by atoms with E-state index in [0.717, 1.165) is 0 Å². The molecule has 1 aromatic carbocycles. The van der Waals surface area contributed by atoms with Gasteiger partial charge in [0.15, 0.2) is 0 Å². The highest BCUT2D eigenvalue weighted by Gasteiger charge is 2.14. The van der Waals surface area contributed by atoms with E-state index in [9.17, 15) is 0 Å². The molecule has 0 aliphatic carbocycles. The number of hydrogen-bond acceptors (Lipinski definition) is 1. The molecule has 1 atom stereocenters. The summed E-state index contributed by atoms with van der Waals surface area (Å²) in [5.74, 6) is 0.437. The van der Waals surface area contributed by atoms with Crippen LogP contribution >= 0.6 is 0 Å². The molecule has 2 rings (SSSR count). The maximum atomic E-state index is 4.53. The summed E-state index contributed by atoms with van der Waals surface area (Å²) >= 11 is 0. The fourth-order valence-corrected chi connectivity index (χ4v) is 2.27. The first-order valence-electron chi connectivity index (χ1n) is 6.78. The minimum atomic E-state index is 0.437. The third-order valence-corrected chi connectivity index (χ3v) is 3.37. The molecule has 1 heterocycles. The van der Waals surface area contributed by atoms with Crippen LogP contribution in [0.2, 0.25) is 0 Å². The summed E-state index contributed by atoms with van der Waals surface area (Å²) in [6.07, 6.45) is 5.54. The Morgan fingerprint density at radius 1 is 1.06 bits per heavy atom. The quantitative estimate of drug-likeness (QED) is 0.736. The highest BCUT2D eigenvalue weighted by molar-refractivity contribution is 5.30. The summed E-state index contributed by atoms with van der Waals surface area (Å²) in [5.41, 5.74) is 3.89. The van der Waals surface area contributed by atoms with Crippen molar-refractivity contribution in [1.29, 1.82) is 0 Å². The Balaban J connectivity index is 2.27. The van der Waals surface area contributed by atoms with Crippen molar-refractivity contribution < 1.29 is 0 Å². The first-order chi connectivity index (χ1) is 8.81. The molecule has 0 spiro atoms. The molecule has 1 aromatic heterocycles. The van der Waals surface area contributed by atoms with Crippen molar-refractivity contribution in [2.45, 2.75) is 39.0 Å². The monoisotopic (exact) mass is 239 g/mol. The number of rotatable bonds is 5. The summed E-state index contributed by atoms with van der Waals surface area (Å²) < 4.78 is 0. The van der Waals surface area contributed by atoms with Gasteiger partial charge in [0, 0.05) is 17.8 Å². The summed E-state index contributed by atoms with van der Waals surface area (Å²) in [6.45, 7) is 4.37. The second-order valence-corrected chi connectivity index (χ2v) is 4.86. The third kappa shape index (κ3) is 3.19. The zero-order chi connectivity index (χ0) is 12.8. The maximum absolute atomic E-state index is 4.53. The number of aryl methyl sites for hydroxylation is 1. The zero-order valence-electron chi connectivity index (χ0n) is 11.3. The third-order valence-electron chi connectivity index (χ3n) is 3.37. The number of benzene rings is 1. The van der Waals surface area contributed by atoms with Crippen LogP contribution in [0.4, 0.5) is 0 Å². The summed E-state index contributed by atoms with van der Waals surface area (Å²) in [4.78, 5) is 4.53. The molecule has 0 saturated heterocycles. The Kier molecular flexibility index (Phi) is 4.52. The van der Waals surface area contributed by atoms with Crippen LogP contribution in [0.5, 0.6) is 0 Å². The highest BCUT2D eigenvalue weighted by atomic mass is 14.7. The molecule has 1 unspecified atom stereocenters. The lowest BCUT2D eigenvalue weighted by molar-refractivity contribution is 0.638. The van der Waals surface area contributed by atoms with Gasteiger partial charge in [0.05, 0.1) is 0 Å². The van der Waals surface area contributed by atoms with E-state index in [-0.39, 0.29) is 0 Å². The predicted octanol–water partition coefficient (Wildman–Crippen LogP) is 4.71. The first kappa shape index (κ1) is 12.8. The van der Waals surface area contributed by atoms with Gasteiger partial charge >= 0.3 is 0 Å². The van der Waals surface area contributed by atoms with E-state index in [2.05, 4.69) is 55.2 Å². The fourth-order valence-electron chi connectivity index (χ4n) is 2.27. The van der Waals surface area contributed by atoms with Crippen LogP contribution in [0.25, 0.3) is 0 Å². The number of aromatic nitrogens is 1. The van der Waals surface area contributed by atoms with Crippen LogP contribution in [0.3, 0.4) is 0 Å². The number of nitrogens with zero attached hydrogens (tertiary/aromatic N) is 1. The molecule has 0 saturated carbocycles. The highest BCUT2D eigenvalue weighted by Crippen LogP contribution is 2.28. The molecule has 18 heavy (non-hydrogen) atoms. The molecule has 0 aliphatic rings. The van der Waals surface area contributed by atoms with Gasteiger partial charge in [-0.3, -0.25) is 4.98 Å². The van der Waals surface area contributed by atoms with Gasteiger partial charge in [-0.05, 0) is 31.0 Å². The van der Waals surface area contributed by atoms with Crippen molar-refractivity contribution in [3.8, 4) is 0 Å². The topological polar surface area (TPSA) is 12.9 Å². The van der Waals surface area contributed by atoms with Gasteiger partial charge in [0.1, 0.15) is 0 Å². The minimum absolute atomic E-state index is 0.437. The summed E-state index contributed by atoms with van der Waals surface area (Å²) in [5, 5.41) is 0. The van der Waals surface area contributed by atoms with Crippen LogP contribution in [0.1, 0.15) is 48.9 Å². The molecule has 1 nitrogen and oxygen atoms in total. The van der Waals surface area contributed by atoms with E-state index in [1.165, 1.54) is 36.1 Å². The van der Waals surface area contributed by atoms with Gasteiger partial charge in [-0.15, -0.1) is 0 Å². The standard InChI is InChI=1S/C17H21N/c1-3-4-7-16(17-8-5-6-13-18-17)15-11-9-14(2)10-12-15/h5-6,8-13,16H,3-4,7H2,1-2H3. The number of hydrogen-bond donors (Lipinski definition) is 0. The Morgan fingerprint density at radius 2 is 1.83 bits per heavy atom. The molecule has 0 bridgehead atoms. The largest absolute Gasteiger partial charge is 0.261 e. The minimum Gasteiger partial charge on any atom is -0.261 e. The lowest BCUT2D eigenvalue weighted by atomic mass is 9.90. The molecule has 1 heteroatoms. The van der Waals surface area contributed by atoms with Crippen molar-refractivity contribution in [2.75, 3.05) is 0 Å². The summed E-state index contributed by atoms with van der Waals surface area (Å²) in [7, 11) is 0. The zero-order valence-corrected chi connectivity index (χ0v) is 11.3.